The van der Waals surface area contributed by atoms with Crippen LogP contribution >= 0.6 is 23.5 Å². The van der Waals surface area contributed by atoms with Gasteiger partial charge in [0.05, 0.1) is 12.6 Å². The van der Waals surface area contributed by atoms with Crippen LogP contribution in [0.5, 0.6) is 0 Å². The molecule has 0 aromatic carbocycles. The van der Waals surface area contributed by atoms with Gasteiger partial charge in [-0.2, -0.15) is 23.5 Å². The maximum Gasteiger partial charge on any atom is 0.433 e. The minimum atomic E-state index is -0.517. The lowest BCUT2D eigenvalue weighted by molar-refractivity contribution is -0.402. The van der Waals surface area contributed by atoms with Crippen molar-refractivity contribution >= 4 is 29.4 Å². The van der Waals surface area contributed by atoms with Crippen LogP contribution in [0.25, 0.3) is 0 Å². The van der Waals surface area contributed by atoms with Crippen LogP contribution in [0.15, 0.2) is 16.5 Å². The van der Waals surface area contributed by atoms with Crippen molar-refractivity contribution in [2.45, 2.75) is 11.8 Å². The summed E-state index contributed by atoms with van der Waals surface area (Å²) in [4.78, 5) is 9.90. The molecule has 0 saturated carbocycles. The lowest BCUT2D eigenvalue weighted by Crippen LogP contribution is -2.28. The molecule has 1 aliphatic rings. The molecule has 1 aromatic rings. The zero-order valence-corrected chi connectivity index (χ0v) is 10.9. The van der Waals surface area contributed by atoms with Gasteiger partial charge in [0.15, 0.2) is 0 Å². The van der Waals surface area contributed by atoms with E-state index in [1.54, 1.807) is 6.07 Å². The third kappa shape index (κ3) is 3.93. The number of furan rings is 1. The highest BCUT2D eigenvalue weighted by Crippen LogP contribution is 2.23. The molecule has 7 heteroatoms. The van der Waals surface area contributed by atoms with Crippen LogP contribution in [-0.4, -0.2) is 34.0 Å². The number of nitro groups is 1. The molecule has 1 unspecified atom stereocenters. The minimum Gasteiger partial charge on any atom is -0.404 e. The quantitative estimate of drug-likeness (QED) is 0.655. The first-order chi connectivity index (χ1) is 8.25. The SMILES string of the molecule is O=[N+]([O-])c1ccc(CNCC2CSCCS2)o1. The summed E-state index contributed by atoms with van der Waals surface area (Å²) < 4.78 is 5.06. The Hall–Kier alpha value is -0.660. The molecule has 94 valence electrons. The molecule has 1 aliphatic heterocycles. The van der Waals surface area contributed by atoms with Gasteiger partial charge in [-0.05, 0) is 6.07 Å². The average Bonchev–Trinajstić information content (AvgIpc) is 2.79. The van der Waals surface area contributed by atoms with Crippen molar-refractivity contribution in [3.05, 3.63) is 28.0 Å². The second kappa shape index (κ2) is 6.32. The predicted molar refractivity (Wildman–Crippen MR) is 70.6 cm³/mol. The maximum atomic E-state index is 10.4. The number of hydrogen-bond acceptors (Lipinski definition) is 6. The van der Waals surface area contributed by atoms with Crippen molar-refractivity contribution in [1.29, 1.82) is 0 Å². The summed E-state index contributed by atoms with van der Waals surface area (Å²) in [6.45, 7) is 1.47. The van der Waals surface area contributed by atoms with Gasteiger partial charge in [-0.3, -0.25) is 10.1 Å². The molecular formula is C10H14N2O3S2. The van der Waals surface area contributed by atoms with Crippen LogP contribution in [0.1, 0.15) is 5.76 Å². The van der Waals surface area contributed by atoms with E-state index >= 15 is 0 Å². The van der Waals surface area contributed by atoms with E-state index in [4.69, 9.17) is 4.42 Å². The number of thioether (sulfide) groups is 2. The van der Waals surface area contributed by atoms with Gasteiger partial charge in [-0.1, -0.05) is 0 Å². The third-order valence-corrected chi connectivity index (χ3v) is 5.23. The monoisotopic (exact) mass is 274 g/mol. The van der Waals surface area contributed by atoms with Crippen molar-refractivity contribution in [2.24, 2.45) is 0 Å². The van der Waals surface area contributed by atoms with Gasteiger partial charge >= 0.3 is 5.88 Å². The second-order valence-corrected chi connectivity index (χ2v) is 6.25. The lowest BCUT2D eigenvalue weighted by atomic mass is 10.4. The van der Waals surface area contributed by atoms with Gasteiger partial charge in [0, 0.05) is 29.1 Å². The summed E-state index contributed by atoms with van der Waals surface area (Å²) in [7, 11) is 0. The molecule has 0 radical (unpaired) electrons. The Bertz CT molecular complexity index is 377. The average molecular weight is 274 g/mol. The van der Waals surface area contributed by atoms with Gasteiger partial charge in [0.1, 0.15) is 10.7 Å². The van der Waals surface area contributed by atoms with Crippen molar-refractivity contribution in [2.75, 3.05) is 23.8 Å². The normalized spacial score (nSPS) is 20.4. The highest BCUT2D eigenvalue weighted by molar-refractivity contribution is 8.06. The summed E-state index contributed by atoms with van der Waals surface area (Å²) in [5.74, 6) is 4.06. The zero-order chi connectivity index (χ0) is 12.1. The second-order valence-electron chi connectivity index (χ2n) is 3.70. The molecule has 0 amide bonds. The Morgan fingerprint density at radius 2 is 2.41 bits per heavy atom. The van der Waals surface area contributed by atoms with Crippen LogP contribution in [0.2, 0.25) is 0 Å². The lowest BCUT2D eigenvalue weighted by Gasteiger charge is -2.20. The molecule has 17 heavy (non-hydrogen) atoms. The molecule has 1 fully saturated rings. The zero-order valence-electron chi connectivity index (χ0n) is 9.26. The first kappa shape index (κ1) is 12.8. The summed E-state index contributed by atoms with van der Waals surface area (Å²) in [6.07, 6.45) is 0. The fourth-order valence-electron chi connectivity index (χ4n) is 1.57. The smallest absolute Gasteiger partial charge is 0.404 e. The topological polar surface area (TPSA) is 68.3 Å². The number of hydrogen-bond donors (Lipinski definition) is 1. The van der Waals surface area contributed by atoms with Gasteiger partial charge in [-0.25, -0.2) is 0 Å². The first-order valence-electron chi connectivity index (χ1n) is 5.39. The summed E-state index contributed by atoms with van der Waals surface area (Å²) in [6, 6.07) is 3.04. The fraction of sp³-hybridized carbons (Fsp3) is 0.600. The van der Waals surface area contributed by atoms with E-state index in [1.165, 1.54) is 23.3 Å². The Kier molecular flexibility index (Phi) is 4.75. The van der Waals surface area contributed by atoms with Crippen LogP contribution in [-0.2, 0) is 6.54 Å². The molecule has 0 spiro atoms. The molecule has 2 heterocycles. The van der Waals surface area contributed by atoms with Gasteiger partial charge in [0.2, 0.25) is 0 Å². The van der Waals surface area contributed by atoms with Crippen LogP contribution in [0, 0.1) is 10.1 Å². The standard InChI is InChI=1S/C10H14N2O3S2/c13-12(14)10-2-1-8(15-10)5-11-6-9-7-16-3-4-17-9/h1-2,9,11H,3-7H2. The molecule has 1 saturated heterocycles. The minimum absolute atomic E-state index is 0.190. The molecule has 2 rings (SSSR count). The van der Waals surface area contributed by atoms with E-state index in [9.17, 15) is 10.1 Å². The predicted octanol–water partition coefficient (Wildman–Crippen LogP) is 2.13. The molecule has 1 atom stereocenters. The van der Waals surface area contributed by atoms with Crippen LogP contribution in [0.4, 0.5) is 5.88 Å². The van der Waals surface area contributed by atoms with Crippen molar-refractivity contribution in [3.63, 3.8) is 0 Å². The first-order valence-corrected chi connectivity index (χ1v) is 7.59. The summed E-state index contributed by atoms with van der Waals surface area (Å²) in [5, 5.41) is 14.3. The highest BCUT2D eigenvalue weighted by atomic mass is 32.2. The van der Waals surface area contributed by atoms with Crippen molar-refractivity contribution < 1.29 is 9.34 Å². The number of nitrogens with one attached hydrogen (secondary N) is 1. The van der Waals surface area contributed by atoms with Crippen molar-refractivity contribution in [1.82, 2.24) is 5.32 Å². The fourth-order valence-corrected chi connectivity index (χ4v) is 4.22. The molecule has 5 nitrogen and oxygen atoms in total. The molecule has 0 aliphatic carbocycles. The number of nitrogens with zero attached hydrogens (tertiary/aromatic N) is 1. The number of rotatable bonds is 5. The van der Waals surface area contributed by atoms with Crippen LogP contribution in [0.3, 0.4) is 0 Å². The highest BCUT2D eigenvalue weighted by Gasteiger charge is 2.15. The molecule has 0 bridgehead atoms. The molecule has 1 aromatic heterocycles. The van der Waals surface area contributed by atoms with Gasteiger partial charge in [0.25, 0.3) is 0 Å². The Morgan fingerprint density at radius 3 is 3.06 bits per heavy atom. The van der Waals surface area contributed by atoms with E-state index in [0.29, 0.717) is 17.6 Å². The third-order valence-electron chi connectivity index (χ3n) is 2.38. The van der Waals surface area contributed by atoms with E-state index in [1.807, 2.05) is 23.5 Å². The largest absolute Gasteiger partial charge is 0.433 e. The summed E-state index contributed by atoms with van der Waals surface area (Å²) in [5.41, 5.74) is 0. The summed E-state index contributed by atoms with van der Waals surface area (Å²) >= 11 is 3.97. The van der Waals surface area contributed by atoms with E-state index < -0.39 is 4.92 Å². The van der Waals surface area contributed by atoms with Crippen LogP contribution < -0.4 is 5.32 Å². The Morgan fingerprint density at radius 1 is 1.53 bits per heavy atom. The maximum absolute atomic E-state index is 10.4. The Balaban J connectivity index is 1.71. The molecule has 1 N–H and O–H groups in total. The van der Waals surface area contributed by atoms with E-state index in [-0.39, 0.29) is 5.88 Å². The van der Waals surface area contributed by atoms with Crippen molar-refractivity contribution in [3.8, 4) is 0 Å². The Labute approximate surface area is 108 Å². The van der Waals surface area contributed by atoms with Gasteiger partial charge < -0.3 is 9.73 Å². The molecular weight excluding hydrogens is 260 g/mol. The van der Waals surface area contributed by atoms with E-state index in [2.05, 4.69) is 5.32 Å². The van der Waals surface area contributed by atoms with Gasteiger partial charge in [-0.15, -0.1) is 0 Å². The van der Waals surface area contributed by atoms with E-state index in [0.717, 1.165) is 6.54 Å².